The van der Waals surface area contributed by atoms with Gasteiger partial charge in [-0.15, -0.1) is 11.3 Å². The van der Waals surface area contributed by atoms with Crippen molar-refractivity contribution in [1.82, 2.24) is 10.3 Å². The Morgan fingerprint density at radius 1 is 1.38 bits per heavy atom. The van der Waals surface area contributed by atoms with Crippen LogP contribution in [0.15, 0.2) is 23.6 Å². The van der Waals surface area contributed by atoms with Gasteiger partial charge in [0.25, 0.3) is 5.91 Å². The number of nitrogens with zero attached hydrogens (tertiary/aromatic N) is 1. The van der Waals surface area contributed by atoms with Crippen molar-refractivity contribution in [2.45, 2.75) is 38.6 Å². The monoisotopic (exact) mass is 301 g/mol. The molecule has 0 radical (unpaired) electrons. The Bertz CT molecular complexity index is 689. The van der Waals surface area contributed by atoms with Gasteiger partial charge >= 0.3 is 0 Å². The van der Waals surface area contributed by atoms with Crippen LogP contribution in [-0.2, 0) is 5.54 Å². The Morgan fingerprint density at radius 3 is 2.71 bits per heavy atom. The summed E-state index contributed by atoms with van der Waals surface area (Å²) in [5.74, 6) is -0.0626. The average Bonchev–Trinajstić information content (AvgIpc) is 2.83. The lowest BCUT2D eigenvalue weighted by Gasteiger charge is -2.41. The van der Waals surface area contributed by atoms with Crippen LogP contribution in [0.5, 0.6) is 0 Å². The molecule has 2 aromatic rings. The van der Waals surface area contributed by atoms with E-state index in [9.17, 15) is 4.79 Å². The first-order chi connectivity index (χ1) is 10.00. The molecule has 0 saturated heterocycles. The fourth-order valence-electron chi connectivity index (χ4n) is 2.67. The van der Waals surface area contributed by atoms with E-state index in [0.717, 1.165) is 35.5 Å². The highest BCUT2D eigenvalue weighted by Gasteiger charge is 2.42. The zero-order chi connectivity index (χ0) is 15.0. The Labute approximate surface area is 128 Å². The molecular formula is C16H19N3OS. The summed E-state index contributed by atoms with van der Waals surface area (Å²) in [5, 5.41) is 6.25. The van der Waals surface area contributed by atoms with Gasteiger partial charge in [0.1, 0.15) is 5.01 Å². The summed E-state index contributed by atoms with van der Waals surface area (Å²) in [7, 11) is 0. The lowest BCUT2D eigenvalue weighted by atomic mass is 9.77. The molecule has 1 heterocycles. The standard InChI is InChI=1S/C16H19N3OS/c1-10-4-5-12(17)8-13(10)14(20)19-16(6-3-7-16)15-18-11(2)9-21-15/h4-5,8-9H,3,6-7,17H2,1-2H3,(H,19,20). The summed E-state index contributed by atoms with van der Waals surface area (Å²) >= 11 is 1.63. The molecule has 0 unspecified atom stereocenters. The largest absolute Gasteiger partial charge is 0.399 e. The third-order valence-electron chi connectivity index (χ3n) is 4.09. The van der Waals surface area contributed by atoms with Crippen molar-refractivity contribution in [3.05, 3.63) is 45.4 Å². The minimum Gasteiger partial charge on any atom is -0.399 e. The van der Waals surface area contributed by atoms with Gasteiger partial charge in [0.05, 0.1) is 5.54 Å². The van der Waals surface area contributed by atoms with Gasteiger partial charge in [-0.3, -0.25) is 4.79 Å². The van der Waals surface area contributed by atoms with Crippen LogP contribution in [0.3, 0.4) is 0 Å². The van der Waals surface area contributed by atoms with E-state index in [1.807, 2.05) is 31.4 Å². The van der Waals surface area contributed by atoms with Gasteiger partial charge in [0.2, 0.25) is 0 Å². The number of nitrogen functional groups attached to an aromatic ring is 1. The third kappa shape index (κ3) is 2.53. The molecule has 1 aromatic heterocycles. The summed E-state index contributed by atoms with van der Waals surface area (Å²) in [6, 6.07) is 5.44. The van der Waals surface area contributed by atoms with Gasteiger partial charge < -0.3 is 11.1 Å². The van der Waals surface area contributed by atoms with E-state index in [1.165, 1.54) is 0 Å². The van der Waals surface area contributed by atoms with Gasteiger partial charge in [0, 0.05) is 22.3 Å². The minimum absolute atomic E-state index is 0.0626. The van der Waals surface area contributed by atoms with Crippen LogP contribution in [0.4, 0.5) is 5.69 Å². The predicted octanol–water partition coefficient (Wildman–Crippen LogP) is 3.15. The number of hydrogen-bond acceptors (Lipinski definition) is 4. The quantitative estimate of drug-likeness (QED) is 0.856. The number of benzene rings is 1. The third-order valence-corrected chi connectivity index (χ3v) is 5.26. The summed E-state index contributed by atoms with van der Waals surface area (Å²) < 4.78 is 0. The number of amides is 1. The fourth-order valence-corrected chi connectivity index (χ4v) is 3.68. The van der Waals surface area contributed by atoms with Crippen LogP contribution in [0, 0.1) is 13.8 Å². The van der Waals surface area contributed by atoms with Crippen LogP contribution in [0.1, 0.15) is 45.9 Å². The average molecular weight is 301 g/mol. The van der Waals surface area contributed by atoms with Crippen LogP contribution in [-0.4, -0.2) is 10.9 Å². The number of nitrogens with two attached hydrogens (primary N) is 1. The SMILES string of the molecule is Cc1csc(C2(NC(=O)c3cc(N)ccc3C)CCC2)n1. The second-order valence-electron chi connectivity index (χ2n) is 5.76. The normalized spacial score (nSPS) is 16.3. The highest BCUT2D eigenvalue weighted by molar-refractivity contribution is 7.09. The molecule has 0 aliphatic heterocycles. The molecular weight excluding hydrogens is 282 g/mol. The molecule has 1 aromatic carbocycles. The highest BCUT2D eigenvalue weighted by Crippen LogP contribution is 2.42. The Kier molecular flexibility index (Phi) is 3.45. The Morgan fingerprint density at radius 2 is 2.14 bits per heavy atom. The number of anilines is 1. The van der Waals surface area contributed by atoms with Crippen molar-refractivity contribution in [3.63, 3.8) is 0 Å². The molecule has 1 amide bonds. The van der Waals surface area contributed by atoms with Crippen LogP contribution >= 0.6 is 11.3 Å². The molecule has 21 heavy (non-hydrogen) atoms. The van der Waals surface area contributed by atoms with E-state index in [1.54, 1.807) is 17.4 Å². The van der Waals surface area contributed by atoms with Crippen LogP contribution in [0.2, 0.25) is 0 Å². The number of nitrogens with one attached hydrogen (secondary N) is 1. The predicted molar refractivity (Wildman–Crippen MR) is 85.4 cm³/mol. The fraction of sp³-hybridized carbons (Fsp3) is 0.375. The summed E-state index contributed by atoms with van der Waals surface area (Å²) in [6.07, 6.45) is 3.02. The molecule has 0 atom stereocenters. The number of hydrogen-bond donors (Lipinski definition) is 2. The number of aromatic nitrogens is 1. The lowest BCUT2D eigenvalue weighted by Crippen LogP contribution is -2.50. The first-order valence-corrected chi connectivity index (χ1v) is 7.99. The van der Waals surface area contributed by atoms with Crippen molar-refractivity contribution in [2.75, 3.05) is 5.73 Å². The Hall–Kier alpha value is -1.88. The van der Waals surface area contributed by atoms with E-state index >= 15 is 0 Å². The molecule has 5 heteroatoms. The van der Waals surface area contributed by atoms with E-state index in [-0.39, 0.29) is 11.4 Å². The first-order valence-electron chi connectivity index (χ1n) is 7.11. The highest BCUT2D eigenvalue weighted by atomic mass is 32.1. The maximum absolute atomic E-state index is 12.6. The topological polar surface area (TPSA) is 68.0 Å². The molecule has 3 rings (SSSR count). The number of carbonyl (C=O) groups excluding carboxylic acids is 1. The molecule has 1 fully saturated rings. The van der Waals surface area contributed by atoms with Crippen molar-refractivity contribution >= 4 is 22.9 Å². The lowest BCUT2D eigenvalue weighted by molar-refractivity contribution is 0.0822. The molecule has 0 bridgehead atoms. The molecule has 1 aliphatic rings. The van der Waals surface area contributed by atoms with Crippen molar-refractivity contribution < 1.29 is 4.79 Å². The molecule has 1 saturated carbocycles. The molecule has 0 spiro atoms. The summed E-state index contributed by atoms with van der Waals surface area (Å²) in [5.41, 5.74) is 8.72. The second kappa shape index (κ2) is 5.15. The van der Waals surface area contributed by atoms with Crippen molar-refractivity contribution in [3.8, 4) is 0 Å². The number of rotatable bonds is 3. The van der Waals surface area contributed by atoms with Gasteiger partial charge in [-0.2, -0.15) is 0 Å². The smallest absolute Gasteiger partial charge is 0.252 e. The zero-order valence-corrected chi connectivity index (χ0v) is 13.1. The van der Waals surface area contributed by atoms with E-state index < -0.39 is 0 Å². The maximum atomic E-state index is 12.6. The minimum atomic E-state index is -0.285. The van der Waals surface area contributed by atoms with E-state index in [4.69, 9.17) is 5.73 Å². The molecule has 1 aliphatic carbocycles. The van der Waals surface area contributed by atoms with Crippen LogP contribution < -0.4 is 11.1 Å². The van der Waals surface area contributed by atoms with Gasteiger partial charge in [0.15, 0.2) is 0 Å². The maximum Gasteiger partial charge on any atom is 0.252 e. The summed E-state index contributed by atoms with van der Waals surface area (Å²) in [4.78, 5) is 17.2. The number of carbonyl (C=O) groups is 1. The zero-order valence-electron chi connectivity index (χ0n) is 12.3. The van der Waals surface area contributed by atoms with Crippen molar-refractivity contribution in [1.29, 1.82) is 0 Å². The van der Waals surface area contributed by atoms with E-state index in [0.29, 0.717) is 11.3 Å². The number of thiazole rings is 1. The van der Waals surface area contributed by atoms with Gasteiger partial charge in [-0.1, -0.05) is 6.07 Å². The Balaban J connectivity index is 1.87. The van der Waals surface area contributed by atoms with Crippen molar-refractivity contribution in [2.24, 2.45) is 0 Å². The van der Waals surface area contributed by atoms with Gasteiger partial charge in [-0.05, 0) is 50.8 Å². The molecule has 3 N–H and O–H groups in total. The van der Waals surface area contributed by atoms with E-state index in [2.05, 4.69) is 10.3 Å². The first kappa shape index (κ1) is 14.1. The second-order valence-corrected chi connectivity index (χ2v) is 6.62. The van der Waals surface area contributed by atoms with Gasteiger partial charge in [-0.25, -0.2) is 4.98 Å². The number of aryl methyl sites for hydroxylation is 2. The van der Waals surface area contributed by atoms with Crippen LogP contribution in [0.25, 0.3) is 0 Å². The molecule has 110 valence electrons. The molecule has 4 nitrogen and oxygen atoms in total. The summed E-state index contributed by atoms with van der Waals surface area (Å²) in [6.45, 7) is 3.91.